The predicted octanol–water partition coefficient (Wildman–Crippen LogP) is 2.77. The molecule has 28 heavy (non-hydrogen) atoms. The van der Waals surface area contributed by atoms with Gasteiger partial charge in [0, 0.05) is 25.1 Å². The standard InChI is InChI=1S/C21H21N3O4/c1-13-17(14(2)28-23-13)11-22-20(25)18-10-15-6-3-4-7-16(15)12-24(18)21(26)19-8-5-9-27-19/h3-9,18H,10-12H2,1-2H3,(H,22,25). The van der Waals surface area contributed by atoms with Crippen LogP contribution in [0.4, 0.5) is 0 Å². The van der Waals surface area contributed by atoms with Gasteiger partial charge >= 0.3 is 0 Å². The molecule has 1 N–H and O–H groups in total. The van der Waals surface area contributed by atoms with E-state index in [2.05, 4.69) is 10.5 Å². The van der Waals surface area contributed by atoms with Crippen LogP contribution in [-0.2, 0) is 24.3 Å². The molecular weight excluding hydrogens is 358 g/mol. The number of benzene rings is 1. The van der Waals surface area contributed by atoms with E-state index in [0.717, 1.165) is 22.4 Å². The molecule has 7 nitrogen and oxygen atoms in total. The number of carbonyl (C=O) groups excluding carboxylic acids is 2. The number of aromatic nitrogens is 1. The summed E-state index contributed by atoms with van der Waals surface area (Å²) in [5, 5.41) is 6.84. The molecule has 0 saturated heterocycles. The summed E-state index contributed by atoms with van der Waals surface area (Å²) in [6.07, 6.45) is 1.91. The fourth-order valence-electron chi connectivity index (χ4n) is 3.56. The van der Waals surface area contributed by atoms with Gasteiger partial charge in [-0.2, -0.15) is 0 Å². The Balaban J connectivity index is 1.58. The Bertz CT molecular complexity index is 987. The Hall–Kier alpha value is -3.35. The molecule has 1 aliphatic heterocycles. The quantitative estimate of drug-likeness (QED) is 0.753. The summed E-state index contributed by atoms with van der Waals surface area (Å²) in [5.74, 6) is 0.393. The zero-order chi connectivity index (χ0) is 19.7. The number of hydrogen-bond acceptors (Lipinski definition) is 5. The van der Waals surface area contributed by atoms with Crippen LogP contribution in [0.5, 0.6) is 0 Å². The molecule has 2 aromatic heterocycles. The van der Waals surface area contributed by atoms with Gasteiger partial charge in [-0.25, -0.2) is 0 Å². The first-order valence-corrected chi connectivity index (χ1v) is 9.15. The van der Waals surface area contributed by atoms with E-state index < -0.39 is 6.04 Å². The summed E-state index contributed by atoms with van der Waals surface area (Å²) in [4.78, 5) is 27.6. The summed E-state index contributed by atoms with van der Waals surface area (Å²) in [6.45, 7) is 4.31. The van der Waals surface area contributed by atoms with E-state index in [1.165, 1.54) is 6.26 Å². The SMILES string of the molecule is Cc1noc(C)c1CNC(=O)C1Cc2ccccc2CN1C(=O)c1ccco1. The maximum atomic E-state index is 13.0. The minimum absolute atomic E-state index is 0.214. The highest BCUT2D eigenvalue weighted by atomic mass is 16.5. The first kappa shape index (κ1) is 18.0. The minimum Gasteiger partial charge on any atom is -0.459 e. The van der Waals surface area contributed by atoms with Crippen molar-refractivity contribution in [1.29, 1.82) is 0 Å². The largest absolute Gasteiger partial charge is 0.459 e. The lowest BCUT2D eigenvalue weighted by Gasteiger charge is -2.35. The Morgan fingerprint density at radius 3 is 2.64 bits per heavy atom. The van der Waals surface area contributed by atoms with Gasteiger partial charge in [0.25, 0.3) is 5.91 Å². The Labute approximate surface area is 162 Å². The second-order valence-electron chi connectivity index (χ2n) is 6.92. The fourth-order valence-corrected chi connectivity index (χ4v) is 3.56. The molecule has 2 amide bonds. The molecular formula is C21H21N3O4. The van der Waals surface area contributed by atoms with E-state index in [-0.39, 0.29) is 17.6 Å². The summed E-state index contributed by atoms with van der Waals surface area (Å²) < 4.78 is 10.4. The molecule has 3 heterocycles. The van der Waals surface area contributed by atoms with Gasteiger partial charge in [-0.1, -0.05) is 29.4 Å². The van der Waals surface area contributed by atoms with E-state index in [9.17, 15) is 9.59 Å². The molecule has 4 rings (SSSR count). The normalized spacial score (nSPS) is 15.9. The van der Waals surface area contributed by atoms with Crippen LogP contribution in [0, 0.1) is 13.8 Å². The molecule has 3 aromatic rings. The van der Waals surface area contributed by atoms with Gasteiger partial charge < -0.3 is 19.2 Å². The third kappa shape index (κ3) is 3.31. The zero-order valence-corrected chi connectivity index (χ0v) is 15.8. The average Bonchev–Trinajstić information content (AvgIpc) is 3.35. The highest BCUT2D eigenvalue weighted by molar-refractivity contribution is 5.96. The monoisotopic (exact) mass is 379 g/mol. The number of nitrogens with one attached hydrogen (secondary N) is 1. The smallest absolute Gasteiger partial charge is 0.290 e. The van der Waals surface area contributed by atoms with Crippen molar-refractivity contribution in [3.05, 3.63) is 76.6 Å². The Morgan fingerprint density at radius 2 is 1.96 bits per heavy atom. The number of fused-ring (bicyclic) bond motifs is 1. The summed E-state index contributed by atoms with van der Waals surface area (Å²) in [7, 11) is 0. The van der Waals surface area contributed by atoms with Crippen molar-refractivity contribution in [1.82, 2.24) is 15.4 Å². The molecule has 1 aromatic carbocycles. The Morgan fingerprint density at radius 1 is 1.18 bits per heavy atom. The highest BCUT2D eigenvalue weighted by Gasteiger charge is 2.36. The predicted molar refractivity (Wildman–Crippen MR) is 100 cm³/mol. The molecule has 7 heteroatoms. The van der Waals surface area contributed by atoms with Crippen LogP contribution in [0.15, 0.2) is 51.6 Å². The molecule has 1 atom stereocenters. The lowest BCUT2D eigenvalue weighted by atomic mass is 9.93. The molecule has 0 saturated carbocycles. The number of carbonyl (C=O) groups is 2. The van der Waals surface area contributed by atoms with Crippen molar-refractivity contribution in [2.75, 3.05) is 0 Å². The van der Waals surface area contributed by atoms with E-state index in [0.29, 0.717) is 25.3 Å². The van der Waals surface area contributed by atoms with Crippen LogP contribution in [0.3, 0.4) is 0 Å². The molecule has 0 aliphatic carbocycles. The van der Waals surface area contributed by atoms with Crippen LogP contribution in [0.25, 0.3) is 0 Å². The molecule has 1 unspecified atom stereocenters. The highest BCUT2D eigenvalue weighted by Crippen LogP contribution is 2.25. The maximum Gasteiger partial charge on any atom is 0.290 e. The lowest BCUT2D eigenvalue weighted by molar-refractivity contribution is -0.126. The summed E-state index contributed by atoms with van der Waals surface area (Å²) in [5.41, 5.74) is 3.71. The number of aryl methyl sites for hydroxylation is 2. The number of amides is 2. The average molecular weight is 379 g/mol. The van der Waals surface area contributed by atoms with E-state index in [1.807, 2.05) is 38.1 Å². The first-order valence-electron chi connectivity index (χ1n) is 9.15. The first-order chi connectivity index (χ1) is 13.5. The van der Waals surface area contributed by atoms with Crippen LogP contribution in [0.2, 0.25) is 0 Å². The number of hydrogen-bond donors (Lipinski definition) is 1. The van der Waals surface area contributed by atoms with Crippen LogP contribution < -0.4 is 5.32 Å². The maximum absolute atomic E-state index is 13.0. The van der Waals surface area contributed by atoms with Gasteiger partial charge in [0.05, 0.1) is 12.0 Å². The van der Waals surface area contributed by atoms with E-state index in [4.69, 9.17) is 8.94 Å². The van der Waals surface area contributed by atoms with Gasteiger partial charge in [-0.15, -0.1) is 0 Å². The van der Waals surface area contributed by atoms with E-state index >= 15 is 0 Å². The van der Waals surface area contributed by atoms with Gasteiger partial charge in [0.1, 0.15) is 11.8 Å². The van der Waals surface area contributed by atoms with Crippen molar-refractivity contribution in [2.24, 2.45) is 0 Å². The third-order valence-electron chi connectivity index (χ3n) is 5.16. The van der Waals surface area contributed by atoms with Gasteiger partial charge in [0.15, 0.2) is 5.76 Å². The summed E-state index contributed by atoms with van der Waals surface area (Å²) in [6, 6.07) is 10.5. The van der Waals surface area contributed by atoms with Crippen molar-refractivity contribution in [3.8, 4) is 0 Å². The third-order valence-corrected chi connectivity index (χ3v) is 5.16. The van der Waals surface area contributed by atoms with Gasteiger partial charge in [-0.3, -0.25) is 9.59 Å². The summed E-state index contributed by atoms with van der Waals surface area (Å²) >= 11 is 0. The lowest BCUT2D eigenvalue weighted by Crippen LogP contribution is -2.52. The number of rotatable bonds is 4. The molecule has 1 aliphatic rings. The molecule has 0 spiro atoms. The zero-order valence-electron chi connectivity index (χ0n) is 15.8. The topological polar surface area (TPSA) is 88.6 Å². The van der Waals surface area contributed by atoms with Crippen LogP contribution >= 0.6 is 0 Å². The second kappa shape index (κ2) is 7.34. The minimum atomic E-state index is -0.618. The van der Waals surface area contributed by atoms with Crippen molar-refractivity contribution < 1.29 is 18.5 Å². The molecule has 0 radical (unpaired) electrons. The second-order valence-corrected chi connectivity index (χ2v) is 6.92. The van der Waals surface area contributed by atoms with Crippen molar-refractivity contribution in [3.63, 3.8) is 0 Å². The molecule has 0 bridgehead atoms. The van der Waals surface area contributed by atoms with Crippen LogP contribution in [-0.4, -0.2) is 27.9 Å². The van der Waals surface area contributed by atoms with Crippen molar-refractivity contribution in [2.45, 2.75) is 39.4 Å². The Kier molecular flexibility index (Phi) is 4.73. The van der Waals surface area contributed by atoms with E-state index in [1.54, 1.807) is 17.0 Å². The van der Waals surface area contributed by atoms with Gasteiger partial charge in [-0.05, 0) is 37.1 Å². The number of furan rings is 1. The van der Waals surface area contributed by atoms with Gasteiger partial charge in [0.2, 0.25) is 5.91 Å². The fraction of sp³-hybridized carbons (Fsp3) is 0.286. The number of nitrogens with zero attached hydrogens (tertiary/aromatic N) is 2. The van der Waals surface area contributed by atoms with Crippen molar-refractivity contribution >= 4 is 11.8 Å². The molecule has 0 fully saturated rings. The molecule has 144 valence electrons. The van der Waals surface area contributed by atoms with Crippen LogP contribution in [0.1, 0.15) is 38.7 Å².